The molecular formula is C16H26N4O. The first kappa shape index (κ1) is 15.8. The average Bonchev–Trinajstić information content (AvgIpc) is 2.97. The Morgan fingerprint density at radius 1 is 1.43 bits per heavy atom. The van der Waals surface area contributed by atoms with Crippen molar-refractivity contribution in [2.24, 2.45) is 0 Å². The van der Waals surface area contributed by atoms with Crippen LogP contribution in [0.4, 0.5) is 4.79 Å². The van der Waals surface area contributed by atoms with Gasteiger partial charge in [0, 0.05) is 37.6 Å². The maximum atomic E-state index is 12.2. The Morgan fingerprint density at radius 3 is 2.81 bits per heavy atom. The van der Waals surface area contributed by atoms with E-state index in [0.29, 0.717) is 12.6 Å². The number of hydrogen-bond acceptors (Lipinski definition) is 3. The van der Waals surface area contributed by atoms with E-state index in [1.165, 1.54) is 0 Å². The van der Waals surface area contributed by atoms with Crippen LogP contribution < -0.4 is 5.32 Å². The van der Waals surface area contributed by atoms with Gasteiger partial charge in [-0.2, -0.15) is 0 Å². The second-order valence-corrected chi connectivity index (χ2v) is 5.58. The molecule has 1 aromatic heterocycles. The molecule has 1 saturated heterocycles. The largest absolute Gasteiger partial charge is 0.334 e. The van der Waals surface area contributed by atoms with Gasteiger partial charge in [-0.15, -0.1) is 0 Å². The molecule has 0 saturated carbocycles. The minimum absolute atomic E-state index is 0.0326. The van der Waals surface area contributed by atoms with Gasteiger partial charge in [0.05, 0.1) is 0 Å². The monoisotopic (exact) mass is 290 g/mol. The summed E-state index contributed by atoms with van der Waals surface area (Å²) in [5.41, 5.74) is 2.03. The van der Waals surface area contributed by atoms with E-state index in [1.807, 2.05) is 30.2 Å². The smallest absolute Gasteiger partial charge is 0.317 e. The lowest BCUT2D eigenvalue weighted by atomic mass is 10.2. The number of amides is 2. The van der Waals surface area contributed by atoms with Crippen LogP contribution in [0.25, 0.3) is 0 Å². The Labute approximate surface area is 127 Å². The van der Waals surface area contributed by atoms with Crippen LogP contribution in [0.3, 0.4) is 0 Å². The number of pyridine rings is 1. The number of likely N-dealkylation sites (tertiary alicyclic amines) is 1. The van der Waals surface area contributed by atoms with E-state index in [1.54, 1.807) is 0 Å². The summed E-state index contributed by atoms with van der Waals surface area (Å²) >= 11 is 0. The minimum Gasteiger partial charge on any atom is -0.334 e. The van der Waals surface area contributed by atoms with Crippen LogP contribution in [0, 0.1) is 6.92 Å². The lowest BCUT2D eigenvalue weighted by Gasteiger charge is -2.26. The summed E-state index contributed by atoms with van der Waals surface area (Å²) in [5.74, 6) is 0. The van der Waals surface area contributed by atoms with Gasteiger partial charge >= 0.3 is 6.03 Å². The van der Waals surface area contributed by atoms with Crippen molar-refractivity contribution in [2.75, 3.05) is 26.2 Å². The summed E-state index contributed by atoms with van der Waals surface area (Å²) in [7, 11) is 0. The highest BCUT2D eigenvalue weighted by Crippen LogP contribution is 2.15. The fourth-order valence-electron chi connectivity index (χ4n) is 2.86. The second-order valence-electron chi connectivity index (χ2n) is 5.58. The summed E-state index contributed by atoms with van der Waals surface area (Å²) in [4.78, 5) is 20.8. The average molecular weight is 290 g/mol. The first-order valence-electron chi connectivity index (χ1n) is 7.82. The molecule has 0 aliphatic carbocycles. The number of aromatic nitrogens is 1. The molecule has 2 heterocycles. The predicted octanol–water partition coefficient (Wildman–Crippen LogP) is 2.02. The fourth-order valence-corrected chi connectivity index (χ4v) is 2.86. The number of urea groups is 1. The minimum atomic E-state index is 0.0326. The molecule has 1 aliphatic heterocycles. The lowest BCUT2D eigenvalue weighted by Crippen LogP contribution is -2.42. The number of hydrogen-bond donors (Lipinski definition) is 1. The van der Waals surface area contributed by atoms with Gasteiger partial charge < -0.3 is 10.2 Å². The Bertz CT molecular complexity index is 456. The summed E-state index contributed by atoms with van der Waals surface area (Å²) in [5, 5.41) is 2.98. The zero-order valence-corrected chi connectivity index (χ0v) is 13.3. The standard InChI is InChI=1S/C16H26N4O/c1-4-19(5-2)15-8-9-20(12-15)16(21)18-11-14-7-6-13(3)17-10-14/h6-7,10,15H,4-5,8-9,11-12H2,1-3H3,(H,18,21). The highest BCUT2D eigenvalue weighted by Gasteiger charge is 2.28. The molecule has 1 aliphatic rings. The van der Waals surface area contributed by atoms with Gasteiger partial charge in [0.2, 0.25) is 0 Å². The Kier molecular flexibility index (Phi) is 5.56. The van der Waals surface area contributed by atoms with Gasteiger partial charge in [0.1, 0.15) is 0 Å². The van der Waals surface area contributed by atoms with Crippen LogP contribution in [-0.4, -0.2) is 53.0 Å². The van der Waals surface area contributed by atoms with Crippen molar-refractivity contribution in [3.63, 3.8) is 0 Å². The molecule has 116 valence electrons. The van der Waals surface area contributed by atoms with E-state index >= 15 is 0 Å². The molecule has 0 radical (unpaired) electrons. The van der Waals surface area contributed by atoms with Crippen molar-refractivity contribution in [3.8, 4) is 0 Å². The summed E-state index contributed by atoms with van der Waals surface area (Å²) < 4.78 is 0. The molecule has 5 heteroatoms. The van der Waals surface area contributed by atoms with Gasteiger partial charge in [-0.1, -0.05) is 19.9 Å². The maximum absolute atomic E-state index is 12.2. The third-order valence-corrected chi connectivity index (χ3v) is 4.20. The molecule has 21 heavy (non-hydrogen) atoms. The summed E-state index contributed by atoms with van der Waals surface area (Å²) in [6, 6.07) is 4.51. The highest BCUT2D eigenvalue weighted by molar-refractivity contribution is 5.74. The number of carbonyl (C=O) groups excluding carboxylic acids is 1. The zero-order valence-electron chi connectivity index (χ0n) is 13.3. The van der Waals surface area contributed by atoms with Crippen LogP contribution in [0.2, 0.25) is 0 Å². The van der Waals surface area contributed by atoms with Crippen LogP contribution in [0.1, 0.15) is 31.5 Å². The molecule has 0 bridgehead atoms. The third kappa shape index (κ3) is 4.17. The Morgan fingerprint density at radius 2 is 2.19 bits per heavy atom. The van der Waals surface area contributed by atoms with Crippen molar-refractivity contribution >= 4 is 6.03 Å². The normalized spacial score (nSPS) is 18.3. The molecule has 1 atom stereocenters. The summed E-state index contributed by atoms with van der Waals surface area (Å²) in [6.45, 7) is 10.6. The van der Waals surface area contributed by atoms with Gasteiger partial charge in [0.25, 0.3) is 0 Å². The van der Waals surface area contributed by atoms with Crippen molar-refractivity contribution in [2.45, 2.75) is 39.8 Å². The van der Waals surface area contributed by atoms with Crippen molar-refractivity contribution in [3.05, 3.63) is 29.6 Å². The quantitative estimate of drug-likeness (QED) is 0.902. The SMILES string of the molecule is CCN(CC)C1CCN(C(=O)NCc2ccc(C)nc2)C1. The summed E-state index contributed by atoms with van der Waals surface area (Å²) in [6.07, 6.45) is 2.89. The van der Waals surface area contributed by atoms with Gasteiger partial charge in [-0.25, -0.2) is 4.79 Å². The first-order valence-corrected chi connectivity index (χ1v) is 7.82. The third-order valence-electron chi connectivity index (χ3n) is 4.20. The van der Waals surface area contributed by atoms with Crippen LogP contribution in [0.5, 0.6) is 0 Å². The van der Waals surface area contributed by atoms with Gasteiger partial charge in [-0.3, -0.25) is 9.88 Å². The zero-order chi connectivity index (χ0) is 15.2. The molecule has 1 aromatic rings. The molecule has 2 amide bonds. The highest BCUT2D eigenvalue weighted by atomic mass is 16.2. The van der Waals surface area contributed by atoms with Gasteiger partial charge in [-0.05, 0) is 38.1 Å². The first-order chi connectivity index (χ1) is 10.1. The number of nitrogens with one attached hydrogen (secondary N) is 1. The van der Waals surface area contributed by atoms with Crippen molar-refractivity contribution in [1.29, 1.82) is 0 Å². The molecule has 5 nitrogen and oxygen atoms in total. The molecule has 2 rings (SSSR count). The number of carbonyl (C=O) groups is 1. The van der Waals surface area contributed by atoms with E-state index in [2.05, 4.69) is 29.0 Å². The number of likely N-dealkylation sites (N-methyl/N-ethyl adjacent to an activating group) is 1. The van der Waals surface area contributed by atoms with Crippen molar-refractivity contribution < 1.29 is 4.79 Å². The Balaban J connectivity index is 1.80. The predicted molar refractivity (Wildman–Crippen MR) is 84.1 cm³/mol. The number of rotatable bonds is 5. The fraction of sp³-hybridized carbons (Fsp3) is 0.625. The van der Waals surface area contributed by atoms with Crippen LogP contribution in [0.15, 0.2) is 18.3 Å². The topological polar surface area (TPSA) is 48.5 Å². The maximum Gasteiger partial charge on any atom is 0.317 e. The number of aryl methyl sites for hydroxylation is 1. The molecular weight excluding hydrogens is 264 g/mol. The van der Waals surface area contributed by atoms with E-state index in [4.69, 9.17) is 0 Å². The van der Waals surface area contributed by atoms with Crippen LogP contribution >= 0.6 is 0 Å². The number of nitrogens with zero attached hydrogens (tertiary/aromatic N) is 3. The van der Waals surface area contributed by atoms with E-state index < -0.39 is 0 Å². The second kappa shape index (κ2) is 7.41. The van der Waals surface area contributed by atoms with Crippen molar-refractivity contribution in [1.82, 2.24) is 20.1 Å². The van der Waals surface area contributed by atoms with E-state index in [-0.39, 0.29) is 6.03 Å². The molecule has 0 spiro atoms. The van der Waals surface area contributed by atoms with E-state index in [0.717, 1.165) is 43.9 Å². The molecule has 0 aromatic carbocycles. The Hall–Kier alpha value is -1.62. The van der Waals surface area contributed by atoms with E-state index in [9.17, 15) is 4.79 Å². The molecule has 1 N–H and O–H groups in total. The lowest BCUT2D eigenvalue weighted by molar-refractivity contribution is 0.192. The molecule has 1 fully saturated rings. The molecule has 1 unspecified atom stereocenters. The van der Waals surface area contributed by atoms with Gasteiger partial charge in [0.15, 0.2) is 0 Å². The van der Waals surface area contributed by atoms with Crippen LogP contribution in [-0.2, 0) is 6.54 Å².